The van der Waals surface area contributed by atoms with Crippen LogP contribution in [0.1, 0.15) is 11.1 Å². The minimum Gasteiger partial charge on any atom is -0.483 e. The van der Waals surface area contributed by atoms with Gasteiger partial charge in [0.2, 0.25) is 0 Å². The predicted octanol–water partition coefficient (Wildman–Crippen LogP) is 4.90. The third kappa shape index (κ3) is 5.44. The summed E-state index contributed by atoms with van der Waals surface area (Å²) in [5.74, 6) is -0.0751. The minimum atomic E-state index is -4.50. The van der Waals surface area contributed by atoms with Gasteiger partial charge in [-0.15, -0.1) is 0 Å². The first kappa shape index (κ1) is 20.1. The molecule has 0 spiro atoms. The Morgan fingerprint density at radius 3 is 2.34 bits per heavy atom. The van der Waals surface area contributed by atoms with Crippen molar-refractivity contribution in [2.45, 2.75) is 6.18 Å². The molecule has 0 saturated heterocycles. The summed E-state index contributed by atoms with van der Waals surface area (Å²) in [4.78, 5) is 12.0. The number of benzene rings is 3. The zero-order valence-electron chi connectivity index (χ0n) is 15.2. The molecule has 3 rings (SSSR count). The Morgan fingerprint density at radius 2 is 1.59 bits per heavy atom. The molecule has 7 heteroatoms. The van der Waals surface area contributed by atoms with E-state index in [9.17, 15) is 18.0 Å². The molecule has 4 nitrogen and oxygen atoms in total. The van der Waals surface area contributed by atoms with Crippen molar-refractivity contribution in [1.82, 2.24) is 5.43 Å². The van der Waals surface area contributed by atoms with Crippen molar-refractivity contribution in [3.8, 4) is 16.9 Å². The molecule has 3 aromatic carbocycles. The topological polar surface area (TPSA) is 50.7 Å². The number of alkyl halides is 3. The van der Waals surface area contributed by atoms with E-state index in [0.717, 1.165) is 23.4 Å². The van der Waals surface area contributed by atoms with Crippen LogP contribution in [0.2, 0.25) is 0 Å². The van der Waals surface area contributed by atoms with E-state index in [0.29, 0.717) is 5.75 Å². The van der Waals surface area contributed by atoms with Gasteiger partial charge in [0, 0.05) is 11.1 Å². The molecular weight excluding hydrogens is 381 g/mol. The average Bonchev–Trinajstić information content (AvgIpc) is 2.73. The maximum atomic E-state index is 13.0. The molecule has 1 N–H and O–H groups in total. The Balaban J connectivity index is 1.62. The second-order valence-electron chi connectivity index (χ2n) is 6.03. The Bertz CT molecular complexity index is 1000. The molecule has 0 aliphatic carbocycles. The number of ether oxygens (including phenoxy) is 1. The maximum Gasteiger partial charge on any atom is 0.417 e. The van der Waals surface area contributed by atoms with E-state index in [1.807, 2.05) is 42.5 Å². The molecule has 0 unspecified atom stereocenters. The Morgan fingerprint density at radius 1 is 0.931 bits per heavy atom. The van der Waals surface area contributed by atoms with Gasteiger partial charge in [0.25, 0.3) is 5.91 Å². The lowest BCUT2D eigenvalue weighted by molar-refractivity contribution is -0.137. The third-order valence-corrected chi connectivity index (χ3v) is 3.99. The summed E-state index contributed by atoms with van der Waals surface area (Å²) in [7, 11) is 0. The average molecular weight is 398 g/mol. The normalized spacial score (nSPS) is 11.4. The molecule has 0 radical (unpaired) electrons. The molecule has 0 aromatic heterocycles. The molecule has 0 saturated carbocycles. The predicted molar refractivity (Wildman–Crippen MR) is 105 cm³/mol. The van der Waals surface area contributed by atoms with Crippen LogP contribution >= 0.6 is 0 Å². The van der Waals surface area contributed by atoms with Crippen LogP contribution in [0.3, 0.4) is 0 Å². The lowest BCUT2D eigenvalue weighted by atomic mass is 10.1. The zero-order valence-corrected chi connectivity index (χ0v) is 15.2. The second-order valence-corrected chi connectivity index (χ2v) is 6.03. The lowest BCUT2D eigenvalue weighted by Crippen LogP contribution is -2.24. The van der Waals surface area contributed by atoms with Gasteiger partial charge < -0.3 is 4.74 Å². The summed E-state index contributed by atoms with van der Waals surface area (Å²) >= 11 is 0. The number of amides is 1. The van der Waals surface area contributed by atoms with E-state index < -0.39 is 17.6 Å². The second kappa shape index (κ2) is 9.05. The van der Waals surface area contributed by atoms with Crippen LogP contribution in [0.4, 0.5) is 13.2 Å². The monoisotopic (exact) mass is 398 g/mol. The summed E-state index contributed by atoms with van der Waals surface area (Å²) < 4.78 is 44.4. The molecule has 1 amide bonds. The molecule has 0 bridgehead atoms. The van der Waals surface area contributed by atoms with Gasteiger partial charge in [0.1, 0.15) is 5.75 Å². The number of carbonyl (C=O) groups excluding carboxylic acids is 1. The van der Waals surface area contributed by atoms with Crippen LogP contribution < -0.4 is 10.2 Å². The first-order chi connectivity index (χ1) is 13.9. The van der Waals surface area contributed by atoms with Crippen molar-refractivity contribution in [2.75, 3.05) is 6.61 Å². The van der Waals surface area contributed by atoms with Crippen molar-refractivity contribution in [3.05, 3.63) is 90.0 Å². The van der Waals surface area contributed by atoms with Gasteiger partial charge in [-0.1, -0.05) is 66.7 Å². The highest BCUT2D eigenvalue weighted by Crippen LogP contribution is 2.31. The van der Waals surface area contributed by atoms with E-state index in [2.05, 4.69) is 10.5 Å². The van der Waals surface area contributed by atoms with Crippen LogP contribution in [0, 0.1) is 0 Å². The van der Waals surface area contributed by atoms with Gasteiger partial charge >= 0.3 is 6.18 Å². The number of nitrogens with zero attached hydrogens (tertiary/aromatic N) is 1. The molecule has 0 aliphatic heterocycles. The van der Waals surface area contributed by atoms with Gasteiger partial charge in [-0.3, -0.25) is 4.79 Å². The molecule has 3 aromatic rings. The van der Waals surface area contributed by atoms with Crippen LogP contribution in [0.15, 0.2) is 84.0 Å². The van der Waals surface area contributed by atoms with E-state index in [-0.39, 0.29) is 12.2 Å². The Labute approximate surface area is 165 Å². The molecule has 0 aliphatic rings. The highest BCUT2D eigenvalue weighted by atomic mass is 19.4. The first-order valence-corrected chi connectivity index (χ1v) is 8.70. The number of halogens is 3. The van der Waals surface area contributed by atoms with Crippen molar-refractivity contribution < 1.29 is 22.7 Å². The zero-order chi connectivity index (χ0) is 20.7. The number of nitrogens with one attached hydrogen (secondary N) is 1. The van der Waals surface area contributed by atoms with E-state index in [1.54, 1.807) is 12.1 Å². The molecule has 0 atom stereocenters. The van der Waals surface area contributed by atoms with Gasteiger partial charge in [-0.05, 0) is 17.7 Å². The summed E-state index contributed by atoms with van der Waals surface area (Å²) in [5, 5.41) is 3.60. The summed E-state index contributed by atoms with van der Waals surface area (Å²) in [6.07, 6.45) is -3.55. The van der Waals surface area contributed by atoms with Crippen molar-refractivity contribution >= 4 is 12.1 Å². The smallest absolute Gasteiger partial charge is 0.417 e. The highest BCUT2D eigenvalue weighted by Gasteiger charge is 2.32. The summed E-state index contributed by atoms with van der Waals surface area (Å²) in [6, 6.07) is 21.7. The molecule has 0 fully saturated rings. The Hall–Kier alpha value is -3.61. The molecule has 148 valence electrons. The quantitative estimate of drug-likeness (QED) is 0.474. The number of carbonyl (C=O) groups is 1. The number of hydrogen-bond donors (Lipinski definition) is 1. The van der Waals surface area contributed by atoms with Crippen molar-refractivity contribution in [2.24, 2.45) is 5.10 Å². The van der Waals surface area contributed by atoms with Crippen LogP contribution in [-0.2, 0) is 11.0 Å². The lowest BCUT2D eigenvalue weighted by Gasteiger charge is -2.11. The molecule has 29 heavy (non-hydrogen) atoms. The van der Waals surface area contributed by atoms with E-state index >= 15 is 0 Å². The fraction of sp³-hybridized carbons (Fsp3) is 0.0909. The SMILES string of the molecule is O=C(COc1ccccc1-c1ccccc1)N/N=C/c1ccccc1C(F)(F)F. The molecule has 0 heterocycles. The maximum absolute atomic E-state index is 13.0. The number of hydrogen-bond acceptors (Lipinski definition) is 3. The van der Waals surface area contributed by atoms with Gasteiger partial charge in [-0.25, -0.2) is 5.43 Å². The van der Waals surface area contributed by atoms with E-state index in [4.69, 9.17) is 4.74 Å². The minimum absolute atomic E-state index is 0.143. The fourth-order valence-corrected chi connectivity index (χ4v) is 2.67. The van der Waals surface area contributed by atoms with Gasteiger partial charge in [-0.2, -0.15) is 18.3 Å². The number of hydrazone groups is 1. The fourth-order valence-electron chi connectivity index (χ4n) is 2.67. The van der Waals surface area contributed by atoms with E-state index in [1.165, 1.54) is 18.2 Å². The number of para-hydroxylation sites is 1. The number of rotatable bonds is 6. The standard InChI is InChI=1S/C22H17F3N2O2/c23-22(24,25)19-12-6-4-10-17(19)14-26-27-21(28)15-29-20-13-7-5-11-18(20)16-8-2-1-3-9-16/h1-14H,15H2,(H,27,28)/b26-14+. The van der Waals surface area contributed by atoms with Gasteiger partial charge in [0.15, 0.2) is 6.61 Å². The highest BCUT2D eigenvalue weighted by molar-refractivity contribution is 5.84. The van der Waals surface area contributed by atoms with Crippen LogP contribution in [0.25, 0.3) is 11.1 Å². The first-order valence-electron chi connectivity index (χ1n) is 8.70. The Kier molecular flexibility index (Phi) is 6.29. The van der Waals surface area contributed by atoms with Crippen LogP contribution in [0.5, 0.6) is 5.75 Å². The van der Waals surface area contributed by atoms with Crippen LogP contribution in [-0.4, -0.2) is 18.7 Å². The summed E-state index contributed by atoms with van der Waals surface area (Å²) in [5.41, 5.74) is 2.96. The molecular formula is C22H17F3N2O2. The third-order valence-electron chi connectivity index (χ3n) is 3.99. The van der Waals surface area contributed by atoms with Gasteiger partial charge in [0.05, 0.1) is 11.8 Å². The largest absolute Gasteiger partial charge is 0.483 e. The summed E-state index contributed by atoms with van der Waals surface area (Å²) in [6.45, 7) is -0.331. The van der Waals surface area contributed by atoms with Crippen molar-refractivity contribution in [1.29, 1.82) is 0 Å². The van der Waals surface area contributed by atoms with Crippen molar-refractivity contribution in [3.63, 3.8) is 0 Å².